The Kier molecular flexibility index (Phi) is 6.20. The molecule has 120 valence electrons. The molecule has 1 aliphatic heterocycles. The van der Waals surface area contributed by atoms with Gasteiger partial charge in [0.15, 0.2) is 0 Å². The van der Waals surface area contributed by atoms with Crippen molar-refractivity contribution in [1.82, 2.24) is 25.2 Å². The van der Waals surface area contributed by atoms with Crippen molar-refractivity contribution in [3.8, 4) is 5.69 Å². The van der Waals surface area contributed by atoms with Gasteiger partial charge in [0.05, 0.1) is 17.6 Å². The molecule has 0 bridgehead atoms. The largest absolute Gasteiger partial charge is 0.316 e. The van der Waals surface area contributed by atoms with E-state index in [-0.39, 0.29) is 12.4 Å². The van der Waals surface area contributed by atoms with E-state index < -0.39 is 0 Å². The maximum absolute atomic E-state index is 5.90. The van der Waals surface area contributed by atoms with E-state index in [4.69, 9.17) is 11.6 Å². The van der Waals surface area contributed by atoms with E-state index in [0.29, 0.717) is 6.04 Å². The predicted molar refractivity (Wildman–Crippen MR) is 91.0 cm³/mol. The Morgan fingerprint density at radius 2 is 2.09 bits per heavy atom. The second kappa shape index (κ2) is 7.92. The van der Waals surface area contributed by atoms with Crippen molar-refractivity contribution in [1.29, 1.82) is 0 Å². The van der Waals surface area contributed by atoms with Crippen molar-refractivity contribution in [3.05, 3.63) is 41.2 Å². The first kappa shape index (κ1) is 17.2. The molecule has 3 rings (SSSR count). The molecular formula is C15H21Cl2N5. The summed E-state index contributed by atoms with van der Waals surface area (Å²) in [4.78, 5) is 2.43. The van der Waals surface area contributed by atoms with Crippen molar-refractivity contribution in [2.45, 2.75) is 25.4 Å². The van der Waals surface area contributed by atoms with Gasteiger partial charge in [0.25, 0.3) is 0 Å². The van der Waals surface area contributed by atoms with E-state index in [1.165, 1.54) is 12.8 Å². The number of hydrogen-bond donors (Lipinski definition) is 1. The Hall–Kier alpha value is -1.14. The molecule has 22 heavy (non-hydrogen) atoms. The van der Waals surface area contributed by atoms with Crippen LogP contribution in [0, 0.1) is 0 Å². The van der Waals surface area contributed by atoms with Gasteiger partial charge in [0.1, 0.15) is 0 Å². The first-order chi connectivity index (χ1) is 10.2. The Morgan fingerprint density at radius 3 is 2.82 bits per heavy atom. The number of halogens is 2. The van der Waals surface area contributed by atoms with Crippen LogP contribution in [0.2, 0.25) is 5.02 Å². The van der Waals surface area contributed by atoms with Crippen LogP contribution in [0.1, 0.15) is 18.5 Å². The van der Waals surface area contributed by atoms with Gasteiger partial charge in [0.2, 0.25) is 0 Å². The van der Waals surface area contributed by atoms with Crippen LogP contribution in [0.4, 0.5) is 0 Å². The molecule has 0 spiro atoms. The summed E-state index contributed by atoms with van der Waals surface area (Å²) in [7, 11) is 2.03. The highest BCUT2D eigenvalue weighted by atomic mass is 35.5. The number of piperidine rings is 1. The third-order valence-corrected chi connectivity index (χ3v) is 4.18. The van der Waals surface area contributed by atoms with Gasteiger partial charge in [-0.05, 0) is 50.7 Å². The molecule has 2 aromatic rings. The number of rotatable bonds is 4. The highest BCUT2D eigenvalue weighted by molar-refractivity contribution is 6.30. The van der Waals surface area contributed by atoms with Crippen LogP contribution in [0.5, 0.6) is 0 Å². The fourth-order valence-corrected chi connectivity index (χ4v) is 2.88. The van der Waals surface area contributed by atoms with Crippen LogP contribution < -0.4 is 5.32 Å². The first-order valence-electron chi connectivity index (χ1n) is 7.31. The number of hydrogen-bond acceptors (Lipinski definition) is 4. The molecule has 1 aromatic carbocycles. The average molecular weight is 342 g/mol. The highest BCUT2D eigenvalue weighted by Gasteiger charge is 2.19. The Bertz CT molecular complexity index is 584. The molecule has 2 heterocycles. The number of nitrogens with one attached hydrogen (secondary N) is 1. The van der Waals surface area contributed by atoms with Crippen molar-refractivity contribution >= 4 is 24.0 Å². The van der Waals surface area contributed by atoms with E-state index in [0.717, 1.165) is 36.0 Å². The number of benzene rings is 1. The molecule has 7 heteroatoms. The minimum atomic E-state index is 0. The second-order valence-electron chi connectivity index (χ2n) is 5.49. The number of likely N-dealkylation sites (tertiary alicyclic amines) is 1. The monoisotopic (exact) mass is 341 g/mol. The third kappa shape index (κ3) is 4.20. The second-order valence-corrected chi connectivity index (χ2v) is 5.93. The molecule has 1 N–H and O–H groups in total. The lowest BCUT2D eigenvalue weighted by Crippen LogP contribution is -2.43. The van der Waals surface area contributed by atoms with Gasteiger partial charge in [-0.2, -0.15) is 0 Å². The lowest BCUT2D eigenvalue weighted by molar-refractivity contribution is 0.186. The van der Waals surface area contributed by atoms with E-state index in [2.05, 4.69) is 20.5 Å². The number of aromatic nitrogens is 3. The van der Waals surface area contributed by atoms with Crippen LogP contribution >= 0.6 is 24.0 Å². The summed E-state index contributed by atoms with van der Waals surface area (Å²) in [6.07, 6.45) is 4.48. The van der Waals surface area contributed by atoms with Crippen LogP contribution in [0.3, 0.4) is 0 Å². The molecule has 0 radical (unpaired) electrons. The zero-order chi connectivity index (χ0) is 14.7. The molecule has 0 saturated carbocycles. The molecule has 1 aromatic heterocycles. The number of likely N-dealkylation sites (N-methyl/N-ethyl adjacent to an activating group) is 1. The van der Waals surface area contributed by atoms with Crippen molar-refractivity contribution < 1.29 is 0 Å². The predicted octanol–water partition coefficient (Wildman–Crippen LogP) is 2.53. The Balaban J connectivity index is 0.00000176. The summed E-state index contributed by atoms with van der Waals surface area (Å²) in [6.45, 7) is 3.06. The van der Waals surface area contributed by atoms with Crippen molar-refractivity contribution in [2.24, 2.45) is 0 Å². The quantitative estimate of drug-likeness (QED) is 0.928. The maximum atomic E-state index is 5.90. The van der Waals surface area contributed by atoms with Crippen LogP contribution in [-0.4, -0.2) is 46.1 Å². The summed E-state index contributed by atoms with van der Waals surface area (Å²) in [5.41, 5.74) is 1.98. The SMILES string of the molecule is CNC1CCCN(Cc2cn(-c3ccc(Cl)cc3)nn2)C1.Cl. The van der Waals surface area contributed by atoms with Gasteiger partial charge in [-0.15, -0.1) is 17.5 Å². The summed E-state index contributed by atoms with van der Waals surface area (Å²) in [5, 5.41) is 12.6. The van der Waals surface area contributed by atoms with Crippen molar-refractivity contribution in [2.75, 3.05) is 20.1 Å². The van der Waals surface area contributed by atoms with Crippen LogP contribution in [-0.2, 0) is 6.54 Å². The zero-order valence-electron chi connectivity index (χ0n) is 12.6. The lowest BCUT2D eigenvalue weighted by atomic mass is 10.1. The van der Waals surface area contributed by atoms with E-state index in [9.17, 15) is 0 Å². The Morgan fingerprint density at radius 1 is 1.32 bits per heavy atom. The maximum Gasteiger partial charge on any atom is 0.0971 e. The molecule has 1 saturated heterocycles. The average Bonchev–Trinajstić information content (AvgIpc) is 2.96. The molecule has 1 unspecified atom stereocenters. The van der Waals surface area contributed by atoms with E-state index in [1.54, 1.807) is 4.68 Å². The van der Waals surface area contributed by atoms with E-state index >= 15 is 0 Å². The van der Waals surface area contributed by atoms with E-state index in [1.807, 2.05) is 37.5 Å². The molecule has 0 aliphatic carbocycles. The number of nitrogens with zero attached hydrogens (tertiary/aromatic N) is 4. The third-order valence-electron chi connectivity index (χ3n) is 3.93. The van der Waals surface area contributed by atoms with Gasteiger partial charge in [-0.25, -0.2) is 4.68 Å². The first-order valence-corrected chi connectivity index (χ1v) is 7.69. The van der Waals surface area contributed by atoms with Gasteiger partial charge >= 0.3 is 0 Å². The van der Waals surface area contributed by atoms with Crippen LogP contribution in [0.15, 0.2) is 30.5 Å². The molecule has 0 amide bonds. The van der Waals surface area contributed by atoms with Crippen LogP contribution in [0.25, 0.3) is 5.69 Å². The topological polar surface area (TPSA) is 46.0 Å². The van der Waals surface area contributed by atoms with Crippen molar-refractivity contribution in [3.63, 3.8) is 0 Å². The summed E-state index contributed by atoms with van der Waals surface area (Å²) in [5.74, 6) is 0. The highest BCUT2D eigenvalue weighted by Crippen LogP contribution is 2.15. The minimum absolute atomic E-state index is 0. The normalized spacial score (nSPS) is 18.9. The summed E-state index contributed by atoms with van der Waals surface area (Å²) < 4.78 is 1.80. The molecule has 1 aliphatic rings. The Labute approximate surface area is 142 Å². The van der Waals surface area contributed by atoms with Gasteiger partial charge < -0.3 is 5.32 Å². The summed E-state index contributed by atoms with van der Waals surface area (Å²) >= 11 is 5.90. The van der Waals surface area contributed by atoms with Gasteiger partial charge in [0, 0.05) is 24.2 Å². The zero-order valence-corrected chi connectivity index (χ0v) is 14.1. The van der Waals surface area contributed by atoms with Gasteiger partial charge in [-0.1, -0.05) is 16.8 Å². The minimum Gasteiger partial charge on any atom is -0.316 e. The van der Waals surface area contributed by atoms with Gasteiger partial charge in [-0.3, -0.25) is 4.90 Å². The molecule has 1 fully saturated rings. The fourth-order valence-electron chi connectivity index (χ4n) is 2.75. The lowest BCUT2D eigenvalue weighted by Gasteiger charge is -2.31. The smallest absolute Gasteiger partial charge is 0.0971 e. The fraction of sp³-hybridized carbons (Fsp3) is 0.467. The summed E-state index contributed by atoms with van der Waals surface area (Å²) in [6, 6.07) is 8.20. The molecular weight excluding hydrogens is 321 g/mol. The standard InChI is InChI=1S/C15H20ClN5.ClH/c1-17-13-3-2-8-20(9-13)10-14-11-21(19-18-14)15-6-4-12(16)5-7-15;/h4-7,11,13,17H,2-3,8-10H2,1H3;1H. The molecule has 5 nitrogen and oxygen atoms in total. The molecule has 1 atom stereocenters.